The van der Waals surface area contributed by atoms with Crippen LogP contribution in [0.1, 0.15) is 31.7 Å². The molecule has 2 aromatic carbocycles. The van der Waals surface area contributed by atoms with E-state index in [4.69, 9.17) is 14.2 Å². The van der Waals surface area contributed by atoms with Gasteiger partial charge in [0.05, 0.1) is 32.7 Å². The number of ether oxygens (including phenoxy) is 3. The fourth-order valence-corrected chi connectivity index (χ4v) is 4.47. The summed E-state index contributed by atoms with van der Waals surface area (Å²) < 4.78 is 21.1. The molecular weight excluding hydrogens is 450 g/mol. The number of carbonyl (C=O) groups is 1. The van der Waals surface area contributed by atoms with Crippen molar-refractivity contribution in [2.45, 2.75) is 33.1 Å². The van der Waals surface area contributed by atoms with Crippen molar-refractivity contribution < 1.29 is 19.0 Å². The normalized spacial score (nSPS) is 10.7. The average molecular weight is 484 g/mol. The molecule has 0 radical (unpaired) electrons. The molecule has 0 atom stereocenters. The lowest BCUT2D eigenvalue weighted by Gasteiger charge is -2.14. The van der Waals surface area contributed by atoms with Gasteiger partial charge in [-0.3, -0.25) is 4.79 Å². The molecule has 182 valence electrons. The van der Waals surface area contributed by atoms with E-state index in [-0.39, 0.29) is 5.91 Å². The first kappa shape index (κ1) is 25.5. The number of methoxy groups -OCH3 is 3. The third-order valence-corrected chi connectivity index (χ3v) is 6.16. The van der Waals surface area contributed by atoms with Crippen LogP contribution in [0.15, 0.2) is 35.7 Å². The second kappa shape index (κ2) is 12.4. The topological polar surface area (TPSA) is 81.7 Å². The largest absolute Gasteiger partial charge is 0.495 e. The van der Waals surface area contributed by atoms with Gasteiger partial charge in [0.1, 0.15) is 5.75 Å². The van der Waals surface area contributed by atoms with E-state index >= 15 is 0 Å². The van der Waals surface area contributed by atoms with Crippen LogP contribution < -0.4 is 24.8 Å². The maximum Gasteiger partial charge on any atom is 0.225 e. The number of rotatable bonds is 12. The molecule has 0 spiro atoms. The minimum absolute atomic E-state index is 0.0568. The number of anilines is 1. The Morgan fingerprint density at radius 3 is 2.50 bits per heavy atom. The predicted molar refractivity (Wildman–Crippen MR) is 138 cm³/mol. The number of amides is 1. The second-order valence-electron chi connectivity index (χ2n) is 7.92. The molecule has 0 aliphatic carbocycles. The van der Waals surface area contributed by atoms with E-state index in [1.165, 1.54) is 11.5 Å². The molecule has 0 saturated heterocycles. The highest BCUT2D eigenvalue weighted by molar-refractivity contribution is 7.04. The van der Waals surface area contributed by atoms with Gasteiger partial charge in [0.2, 0.25) is 5.91 Å². The van der Waals surface area contributed by atoms with Gasteiger partial charge in [0.25, 0.3) is 0 Å². The van der Waals surface area contributed by atoms with E-state index in [0.717, 1.165) is 47.3 Å². The summed E-state index contributed by atoms with van der Waals surface area (Å²) in [6, 6.07) is 9.75. The number of hydrogen-bond donors (Lipinski definition) is 2. The van der Waals surface area contributed by atoms with Crippen molar-refractivity contribution in [2.75, 3.05) is 39.7 Å². The molecule has 0 fully saturated rings. The van der Waals surface area contributed by atoms with Gasteiger partial charge < -0.3 is 24.8 Å². The maximum absolute atomic E-state index is 12.5. The lowest BCUT2D eigenvalue weighted by Crippen LogP contribution is -2.22. The van der Waals surface area contributed by atoms with Crippen molar-refractivity contribution in [3.8, 4) is 39.6 Å². The SMILES string of the molecule is CCCCNCCC(=O)Nc1cc(-c2csnc2-c2cc(C)c(OC)c(OC)c2)ccc1OC. The van der Waals surface area contributed by atoms with Gasteiger partial charge in [-0.1, -0.05) is 19.4 Å². The molecule has 1 aromatic heterocycles. The quantitative estimate of drug-likeness (QED) is 0.330. The Labute approximate surface area is 205 Å². The van der Waals surface area contributed by atoms with Gasteiger partial charge in [-0.05, 0) is 66.8 Å². The Morgan fingerprint density at radius 2 is 1.79 bits per heavy atom. The van der Waals surface area contributed by atoms with Gasteiger partial charge in [0, 0.05) is 29.5 Å². The van der Waals surface area contributed by atoms with Crippen LogP contribution in [0.5, 0.6) is 17.2 Å². The summed E-state index contributed by atoms with van der Waals surface area (Å²) in [5.41, 5.74) is 5.29. The van der Waals surface area contributed by atoms with Crippen LogP contribution in [0.4, 0.5) is 5.69 Å². The lowest BCUT2D eigenvalue weighted by atomic mass is 9.99. The van der Waals surface area contributed by atoms with Gasteiger partial charge in [-0.25, -0.2) is 0 Å². The van der Waals surface area contributed by atoms with E-state index < -0.39 is 0 Å². The zero-order valence-electron chi connectivity index (χ0n) is 20.5. The number of nitrogens with one attached hydrogen (secondary N) is 2. The van der Waals surface area contributed by atoms with Crippen LogP contribution >= 0.6 is 11.5 Å². The highest BCUT2D eigenvalue weighted by atomic mass is 32.1. The van der Waals surface area contributed by atoms with E-state index in [1.54, 1.807) is 21.3 Å². The minimum Gasteiger partial charge on any atom is -0.495 e. The van der Waals surface area contributed by atoms with Crippen LogP contribution in [0.2, 0.25) is 0 Å². The van der Waals surface area contributed by atoms with Crippen molar-refractivity contribution >= 4 is 23.1 Å². The highest BCUT2D eigenvalue weighted by Gasteiger charge is 2.17. The number of aromatic nitrogens is 1. The molecule has 2 N–H and O–H groups in total. The first-order valence-corrected chi connectivity index (χ1v) is 12.2. The summed E-state index contributed by atoms with van der Waals surface area (Å²) in [6.07, 6.45) is 2.63. The zero-order chi connectivity index (χ0) is 24.5. The van der Waals surface area contributed by atoms with Crippen LogP contribution in [0, 0.1) is 6.92 Å². The zero-order valence-corrected chi connectivity index (χ0v) is 21.3. The summed E-state index contributed by atoms with van der Waals surface area (Å²) >= 11 is 1.38. The fraction of sp³-hybridized carbons (Fsp3) is 0.385. The van der Waals surface area contributed by atoms with Crippen LogP contribution in [0.25, 0.3) is 22.4 Å². The smallest absolute Gasteiger partial charge is 0.225 e. The molecule has 7 nitrogen and oxygen atoms in total. The Balaban J connectivity index is 1.87. The summed E-state index contributed by atoms with van der Waals surface area (Å²) in [5.74, 6) is 1.93. The Kier molecular flexibility index (Phi) is 9.30. The van der Waals surface area contributed by atoms with Crippen molar-refractivity contribution in [1.82, 2.24) is 9.69 Å². The van der Waals surface area contributed by atoms with Crippen LogP contribution in [0.3, 0.4) is 0 Å². The highest BCUT2D eigenvalue weighted by Crippen LogP contribution is 2.40. The molecule has 0 aliphatic heterocycles. The van der Waals surface area contributed by atoms with E-state index in [0.29, 0.717) is 35.9 Å². The minimum atomic E-state index is -0.0568. The molecule has 0 aliphatic rings. The molecule has 3 rings (SSSR count). The number of carbonyl (C=O) groups excluding carboxylic acids is 1. The molecule has 3 aromatic rings. The molecule has 34 heavy (non-hydrogen) atoms. The fourth-order valence-electron chi connectivity index (χ4n) is 3.76. The van der Waals surface area contributed by atoms with E-state index in [2.05, 4.69) is 21.9 Å². The summed E-state index contributed by atoms with van der Waals surface area (Å²) in [6.45, 7) is 5.70. The predicted octanol–water partition coefficient (Wildman–Crippen LogP) is 5.53. The van der Waals surface area contributed by atoms with Crippen LogP contribution in [-0.4, -0.2) is 44.7 Å². The third kappa shape index (κ3) is 6.07. The molecule has 1 heterocycles. The van der Waals surface area contributed by atoms with E-state index in [1.807, 2.05) is 42.6 Å². The molecule has 8 heteroatoms. The lowest BCUT2D eigenvalue weighted by molar-refractivity contribution is -0.116. The van der Waals surface area contributed by atoms with Gasteiger partial charge >= 0.3 is 0 Å². The maximum atomic E-state index is 12.5. The standard InChI is InChI=1S/C26H33N3O4S/c1-6-7-11-27-12-10-24(30)28-21-14-18(8-9-22(21)31-3)20-16-34-29-25(20)19-13-17(2)26(33-5)23(15-19)32-4/h8-9,13-16,27H,6-7,10-12H2,1-5H3,(H,28,30). The number of aryl methyl sites for hydroxylation is 1. The van der Waals surface area contributed by atoms with Gasteiger partial charge in [-0.15, -0.1) is 0 Å². The monoisotopic (exact) mass is 483 g/mol. The molecule has 0 saturated carbocycles. The summed E-state index contributed by atoms with van der Waals surface area (Å²) in [5, 5.41) is 8.30. The van der Waals surface area contributed by atoms with Crippen molar-refractivity contribution in [1.29, 1.82) is 0 Å². The van der Waals surface area contributed by atoms with Crippen molar-refractivity contribution in [3.05, 3.63) is 41.3 Å². The number of benzene rings is 2. The van der Waals surface area contributed by atoms with Crippen LogP contribution in [-0.2, 0) is 4.79 Å². The molecular formula is C26H33N3O4S. The van der Waals surface area contributed by atoms with Crippen molar-refractivity contribution in [3.63, 3.8) is 0 Å². The van der Waals surface area contributed by atoms with Gasteiger partial charge in [-0.2, -0.15) is 4.37 Å². The summed E-state index contributed by atoms with van der Waals surface area (Å²) in [7, 11) is 4.86. The summed E-state index contributed by atoms with van der Waals surface area (Å²) in [4.78, 5) is 12.5. The molecule has 1 amide bonds. The third-order valence-electron chi connectivity index (χ3n) is 5.53. The second-order valence-corrected chi connectivity index (χ2v) is 8.55. The van der Waals surface area contributed by atoms with Gasteiger partial charge in [0.15, 0.2) is 11.5 Å². The Hall–Kier alpha value is -3.10. The molecule has 0 bridgehead atoms. The first-order valence-electron chi connectivity index (χ1n) is 11.4. The number of unbranched alkanes of at least 4 members (excludes halogenated alkanes) is 1. The number of nitrogens with zero attached hydrogens (tertiary/aromatic N) is 1. The van der Waals surface area contributed by atoms with E-state index in [9.17, 15) is 4.79 Å². The van der Waals surface area contributed by atoms with Crippen molar-refractivity contribution in [2.24, 2.45) is 0 Å². The number of hydrogen-bond acceptors (Lipinski definition) is 7. The Bertz CT molecular complexity index is 1110. The molecule has 0 unspecified atom stereocenters. The Morgan fingerprint density at radius 1 is 1.00 bits per heavy atom. The first-order chi connectivity index (χ1) is 16.5. The average Bonchev–Trinajstić information content (AvgIpc) is 3.33.